The van der Waals surface area contributed by atoms with E-state index in [4.69, 9.17) is 18.1 Å². The summed E-state index contributed by atoms with van der Waals surface area (Å²) >= 11 is 0. The standard InChI is InChI=1S/C16H10NO.Ir/c1-10-17-15-13-8-4-2-6-11(13)12-7-3-5-9-14(12)16(15)18-10;/h2-7,9H,1H3;/q-1;/i1D3,2D,3D,4D,5D,6D,7D,9D;. The van der Waals surface area contributed by atoms with Gasteiger partial charge in [0.1, 0.15) is 5.58 Å². The number of aryl methyl sites for hydroxylation is 1. The number of aromatic nitrogens is 1. The van der Waals surface area contributed by atoms with E-state index in [0.29, 0.717) is 0 Å². The van der Waals surface area contributed by atoms with Gasteiger partial charge in [-0.2, -0.15) is 0 Å². The predicted octanol–water partition coefficient (Wildman–Crippen LogP) is 4.24. The van der Waals surface area contributed by atoms with Crippen molar-refractivity contribution in [2.24, 2.45) is 0 Å². The van der Waals surface area contributed by atoms with E-state index in [1.165, 1.54) is 0 Å². The van der Waals surface area contributed by atoms with Crippen LogP contribution in [0.2, 0.25) is 0 Å². The molecule has 0 spiro atoms. The van der Waals surface area contributed by atoms with Crippen LogP contribution in [0.3, 0.4) is 0 Å². The Bertz CT molecular complexity index is 1330. The maximum Gasteiger partial charge on any atom is 0.181 e. The third-order valence-electron chi connectivity index (χ3n) is 2.72. The van der Waals surface area contributed by atoms with Gasteiger partial charge < -0.3 is 4.42 Å². The van der Waals surface area contributed by atoms with Crippen LogP contribution in [-0.4, -0.2) is 4.98 Å². The smallest absolute Gasteiger partial charge is 0.181 e. The summed E-state index contributed by atoms with van der Waals surface area (Å²) in [5.74, 6) is -0.634. The molecule has 0 saturated carbocycles. The molecule has 1 aromatic heterocycles. The molecule has 1 heterocycles. The Morgan fingerprint density at radius 3 is 2.79 bits per heavy atom. The number of oxazole rings is 1. The van der Waals surface area contributed by atoms with Crippen molar-refractivity contribution in [1.82, 2.24) is 4.98 Å². The SMILES string of the molecule is [2H]c1[c-]c2c3nc(C([2H])([2H])[2H])oc3c3c([2H])c([2H])c([2H])c([2H])c3c2c([2H])c1[2H].[Ir]. The molecule has 0 N–H and O–H groups in total. The van der Waals surface area contributed by atoms with Crippen molar-refractivity contribution in [2.45, 2.75) is 6.85 Å². The minimum Gasteiger partial charge on any atom is -0.451 e. The van der Waals surface area contributed by atoms with Crippen LogP contribution < -0.4 is 0 Å². The first kappa shape index (κ1) is 5.35. The average Bonchev–Trinajstić information content (AvgIpc) is 3.07. The van der Waals surface area contributed by atoms with Crippen LogP contribution in [-0.2, 0) is 20.1 Å². The summed E-state index contributed by atoms with van der Waals surface area (Å²) in [5, 5.41) is -0.286. The van der Waals surface area contributed by atoms with Gasteiger partial charge in [0.15, 0.2) is 5.89 Å². The molecule has 3 aromatic carbocycles. The second kappa shape index (κ2) is 4.44. The Hall–Kier alpha value is -1.70. The molecular weight excluding hydrogens is 414 g/mol. The zero-order valence-electron chi connectivity index (χ0n) is 19.2. The summed E-state index contributed by atoms with van der Waals surface area (Å²) < 4.78 is 84.3. The molecule has 0 atom stereocenters. The molecule has 0 saturated heterocycles. The number of hydrogen-bond acceptors (Lipinski definition) is 2. The van der Waals surface area contributed by atoms with E-state index in [0.717, 1.165) is 0 Å². The summed E-state index contributed by atoms with van der Waals surface area (Å²) in [6, 6.07) is -0.785. The Kier molecular flexibility index (Phi) is 1.25. The molecule has 0 amide bonds. The molecule has 95 valence electrons. The van der Waals surface area contributed by atoms with Crippen LogP contribution in [0.5, 0.6) is 0 Å². The van der Waals surface area contributed by atoms with Gasteiger partial charge in [0.05, 0.1) is 5.48 Å². The van der Waals surface area contributed by atoms with E-state index in [1.54, 1.807) is 0 Å². The summed E-state index contributed by atoms with van der Waals surface area (Å²) in [5.41, 5.74) is -0.269. The fraction of sp³-hybridized carbons (Fsp3) is 0.0625. The first-order valence-electron chi connectivity index (χ1n) is 10.1. The first-order chi connectivity index (χ1) is 12.9. The quantitative estimate of drug-likeness (QED) is 0.306. The van der Waals surface area contributed by atoms with Crippen molar-refractivity contribution in [3.63, 3.8) is 0 Å². The van der Waals surface area contributed by atoms with Gasteiger partial charge in [-0.15, -0.1) is 29.6 Å². The molecule has 0 bridgehead atoms. The van der Waals surface area contributed by atoms with Crippen molar-refractivity contribution < 1.29 is 38.2 Å². The Morgan fingerprint density at radius 1 is 1.16 bits per heavy atom. The number of rotatable bonds is 0. The second-order valence-corrected chi connectivity index (χ2v) is 3.70. The number of fused-ring (bicyclic) bond motifs is 6. The van der Waals surface area contributed by atoms with Gasteiger partial charge in [-0.05, 0) is 1.37 Å². The Morgan fingerprint density at radius 2 is 1.95 bits per heavy atom. The topological polar surface area (TPSA) is 26.0 Å². The Balaban J connectivity index is 0.00000240. The van der Waals surface area contributed by atoms with Crippen LogP contribution >= 0.6 is 0 Å². The van der Waals surface area contributed by atoms with Gasteiger partial charge >= 0.3 is 0 Å². The number of hydrogen-bond donors (Lipinski definition) is 0. The van der Waals surface area contributed by atoms with Crippen molar-refractivity contribution in [1.29, 1.82) is 0 Å². The summed E-state index contributed by atoms with van der Waals surface area (Å²) in [6.45, 7) is -2.72. The molecule has 0 aliphatic heterocycles. The van der Waals surface area contributed by atoms with Crippen LogP contribution in [0.4, 0.5) is 0 Å². The second-order valence-electron chi connectivity index (χ2n) is 3.70. The molecule has 4 rings (SSSR count). The third-order valence-corrected chi connectivity index (χ3v) is 2.72. The zero-order valence-corrected chi connectivity index (χ0v) is 11.6. The van der Waals surface area contributed by atoms with Gasteiger partial charge in [-0.25, -0.2) is 0 Å². The van der Waals surface area contributed by atoms with Gasteiger partial charge in [-0.1, -0.05) is 34.9 Å². The number of benzene rings is 3. The van der Waals surface area contributed by atoms with E-state index in [2.05, 4.69) is 11.1 Å². The normalized spacial score (nSPS) is 19.2. The Labute approximate surface area is 137 Å². The van der Waals surface area contributed by atoms with Crippen LogP contribution in [0.15, 0.2) is 46.7 Å². The molecule has 1 radical (unpaired) electrons. The van der Waals surface area contributed by atoms with E-state index >= 15 is 0 Å². The van der Waals surface area contributed by atoms with Gasteiger partial charge in [-0.3, -0.25) is 4.98 Å². The molecular formula is C16H10IrNO-. The number of nitrogens with zero attached hydrogens (tertiary/aromatic N) is 1. The minimum absolute atomic E-state index is 0. The fourth-order valence-corrected chi connectivity index (χ4v) is 2.01. The van der Waals surface area contributed by atoms with E-state index in [-0.39, 0.29) is 52.7 Å². The van der Waals surface area contributed by atoms with Crippen molar-refractivity contribution in [3.8, 4) is 0 Å². The van der Waals surface area contributed by atoms with Gasteiger partial charge in [0.25, 0.3) is 0 Å². The molecule has 19 heavy (non-hydrogen) atoms. The minimum atomic E-state index is -2.72. The van der Waals surface area contributed by atoms with E-state index < -0.39 is 55.0 Å². The monoisotopic (exact) mass is 435 g/mol. The summed E-state index contributed by atoms with van der Waals surface area (Å²) in [7, 11) is 0. The molecule has 0 aliphatic carbocycles. The maximum atomic E-state index is 8.26. The van der Waals surface area contributed by atoms with Crippen LogP contribution in [0.1, 0.15) is 19.6 Å². The molecule has 0 aliphatic rings. The van der Waals surface area contributed by atoms with Gasteiger partial charge in [0.2, 0.25) is 0 Å². The summed E-state index contributed by atoms with van der Waals surface area (Å²) in [6.07, 6.45) is 0. The zero-order chi connectivity index (χ0) is 20.7. The largest absolute Gasteiger partial charge is 0.451 e. The average molecular weight is 435 g/mol. The third kappa shape index (κ3) is 1.70. The van der Waals surface area contributed by atoms with Crippen LogP contribution in [0, 0.1) is 12.9 Å². The van der Waals surface area contributed by atoms with Crippen molar-refractivity contribution >= 4 is 32.6 Å². The van der Waals surface area contributed by atoms with Crippen molar-refractivity contribution in [2.75, 3.05) is 0 Å². The molecule has 0 unspecified atom stereocenters. The predicted molar refractivity (Wildman–Crippen MR) is 72.6 cm³/mol. The molecule has 4 aromatic rings. The first-order valence-corrected chi connectivity index (χ1v) is 5.11. The van der Waals surface area contributed by atoms with E-state index in [9.17, 15) is 0 Å². The van der Waals surface area contributed by atoms with Gasteiger partial charge in [0, 0.05) is 44.7 Å². The molecule has 2 nitrogen and oxygen atoms in total. The van der Waals surface area contributed by atoms with Crippen molar-refractivity contribution in [3.05, 3.63) is 54.3 Å². The maximum absolute atomic E-state index is 8.26. The van der Waals surface area contributed by atoms with E-state index in [1.807, 2.05) is 0 Å². The molecule has 0 fully saturated rings. The fourth-order valence-electron chi connectivity index (χ4n) is 2.01. The molecule has 3 heteroatoms. The van der Waals surface area contributed by atoms with Crippen LogP contribution in [0.25, 0.3) is 32.6 Å². The summed E-state index contributed by atoms with van der Waals surface area (Å²) in [4.78, 5) is 3.96.